The van der Waals surface area contributed by atoms with E-state index >= 15 is 0 Å². The molecule has 0 bridgehead atoms. The van der Waals surface area contributed by atoms with Crippen molar-refractivity contribution in [2.75, 3.05) is 32.8 Å². The second kappa shape index (κ2) is 9.09. The molecule has 0 radical (unpaired) electrons. The predicted molar refractivity (Wildman–Crippen MR) is 115 cm³/mol. The fourth-order valence-electron chi connectivity index (χ4n) is 3.78. The fraction of sp³-hybridized carbons (Fsp3) is 0.348. The number of rotatable bonds is 6. The van der Waals surface area contributed by atoms with Gasteiger partial charge in [-0.25, -0.2) is 4.98 Å². The number of carbonyl (C=O) groups excluding carboxylic acids is 1. The van der Waals surface area contributed by atoms with Crippen molar-refractivity contribution in [1.82, 2.24) is 19.4 Å². The highest BCUT2D eigenvalue weighted by atomic mass is 16.5. The molecule has 2 heterocycles. The predicted octanol–water partition coefficient (Wildman–Crippen LogP) is 2.14. The van der Waals surface area contributed by atoms with Gasteiger partial charge >= 0.3 is 0 Å². The first kappa shape index (κ1) is 20.1. The number of piperazine rings is 1. The zero-order chi connectivity index (χ0) is 20.9. The van der Waals surface area contributed by atoms with Gasteiger partial charge in [-0.15, -0.1) is 0 Å². The number of carbonyl (C=O) groups is 1. The molecule has 2 aromatic carbocycles. The Bertz CT molecular complexity index is 1070. The monoisotopic (exact) mass is 406 g/mol. The topological polar surface area (TPSA) is 67.7 Å². The number of amides is 1. The molecular formula is C23H26N4O3. The maximum Gasteiger partial charge on any atom is 0.269 e. The maximum absolute atomic E-state index is 12.8. The van der Waals surface area contributed by atoms with Crippen LogP contribution in [-0.2, 0) is 17.9 Å². The first-order chi connectivity index (χ1) is 14.6. The third-order valence-electron chi connectivity index (χ3n) is 5.41. The second-order valence-electron chi connectivity index (χ2n) is 7.41. The third-order valence-corrected chi connectivity index (χ3v) is 5.41. The average molecular weight is 406 g/mol. The highest BCUT2D eigenvalue weighted by Crippen LogP contribution is 2.15. The van der Waals surface area contributed by atoms with Crippen molar-refractivity contribution in [3.8, 4) is 5.75 Å². The quantitative estimate of drug-likeness (QED) is 0.627. The van der Waals surface area contributed by atoms with Gasteiger partial charge in [0.2, 0.25) is 5.91 Å². The molecule has 0 spiro atoms. The van der Waals surface area contributed by atoms with E-state index in [0.29, 0.717) is 30.7 Å². The SMILES string of the molecule is CCOc1ccc(CN2CCN(C(=O)Cn3c(=O)cnc4ccccc43)CC2)cc1. The molecule has 30 heavy (non-hydrogen) atoms. The van der Waals surface area contributed by atoms with E-state index < -0.39 is 0 Å². The molecule has 4 rings (SSSR count). The van der Waals surface area contributed by atoms with Crippen LogP contribution in [0.1, 0.15) is 12.5 Å². The van der Waals surface area contributed by atoms with Crippen LogP contribution in [0.4, 0.5) is 0 Å². The van der Waals surface area contributed by atoms with E-state index in [4.69, 9.17) is 4.74 Å². The molecule has 0 aliphatic carbocycles. The second-order valence-corrected chi connectivity index (χ2v) is 7.41. The average Bonchev–Trinajstić information content (AvgIpc) is 2.78. The summed E-state index contributed by atoms with van der Waals surface area (Å²) in [4.78, 5) is 33.5. The molecule has 0 atom stereocenters. The highest BCUT2D eigenvalue weighted by Gasteiger charge is 2.22. The summed E-state index contributed by atoms with van der Waals surface area (Å²) < 4.78 is 7.00. The van der Waals surface area contributed by atoms with Crippen LogP contribution in [0, 0.1) is 0 Å². The van der Waals surface area contributed by atoms with Crippen LogP contribution >= 0.6 is 0 Å². The van der Waals surface area contributed by atoms with Gasteiger partial charge in [-0.1, -0.05) is 24.3 Å². The first-order valence-electron chi connectivity index (χ1n) is 10.3. The standard InChI is InChI=1S/C23H26N4O3/c1-2-30-19-9-7-18(8-10-19)16-25-11-13-26(14-12-25)23(29)17-27-21-6-4-3-5-20(21)24-15-22(27)28/h3-10,15H,2,11-14,16-17H2,1H3. The minimum Gasteiger partial charge on any atom is -0.494 e. The Kier molecular flexibility index (Phi) is 6.09. The summed E-state index contributed by atoms with van der Waals surface area (Å²) >= 11 is 0. The molecule has 1 aliphatic heterocycles. The number of ether oxygens (including phenoxy) is 1. The van der Waals surface area contributed by atoms with Crippen molar-refractivity contribution in [3.63, 3.8) is 0 Å². The minimum atomic E-state index is -0.254. The molecule has 156 valence electrons. The Morgan fingerprint density at radius 2 is 1.77 bits per heavy atom. The van der Waals surface area contributed by atoms with Gasteiger partial charge < -0.3 is 9.64 Å². The molecule has 7 heteroatoms. The Morgan fingerprint density at radius 3 is 2.50 bits per heavy atom. The van der Waals surface area contributed by atoms with Crippen molar-refractivity contribution >= 4 is 16.9 Å². The van der Waals surface area contributed by atoms with Crippen molar-refractivity contribution in [1.29, 1.82) is 0 Å². The summed E-state index contributed by atoms with van der Waals surface area (Å²) in [7, 11) is 0. The van der Waals surface area contributed by atoms with Gasteiger partial charge in [0, 0.05) is 32.7 Å². The van der Waals surface area contributed by atoms with E-state index in [1.165, 1.54) is 16.3 Å². The van der Waals surface area contributed by atoms with Gasteiger partial charge in [-0.2, -0.15) is 0 Å². The maximum atomic E-state index is 12.8. The molecule has 0 unspecified atom stereocenters. The lowest BCUT2D eigenvalue weighted by Crippen LogP contribution is -2.49. The van der Waals surface area contributed by atoms with E-state index in [2.05, 4.69) is 22.0 Å². The molecule has 0 N–H and O–H groups in total. The lowest BCUT2D eigenvalue weighted by molar-refractivity contribution is -0.133. The van der Waals surface area contributed by atoms with E-state index in [-0.39, 0.29) is 18.0 Å². The van der Waals surface area contributed by atoms with E-state index in [1.807, 2.05) is 48.2 Å². The Morgan fingerprint density at radius 1 is 1.03 bits per heavy atom. The van der Waals surface area contributed by atoms with Gasteiger partial charge in [0.15, 0.2) is 0 Å². The van der Waals surface area contributed by atoms with Crippen LogP contribution in [-0.4, -0.2) is 58.0 Å². The number of benzene rings is 2. The summed E-state index contributed by atoms with van der Waals surface area (Å²) in [6.45, 7) is 6.47. The van der Waals surface area contributed by atoms with Crippen LogP contribution in [0.3, 0.4) is 0 Å². The van der Waals surface area contributed by atoms with Gasteiger partial charge in [-0.3, -0.25) is 19.1 Å². The number of hydrogen-bond donors (Lipinski definition) is 0. The Labute approximate surface area is 175 Å². The van der Waals surface area contributed by atoms with Crippen LogP contribution in [0.15, 0.2) is 59.5 Å². The van der Waals surface area contributed by atoms with E-state index in [1.54, 1.807) is 0 Å². The summed E-state index contributed by atoms with van der Waals surface area (Å²) in [6, 6.07) is 15.6. The normalized spacial score (nSPS) is 14.8. The largest absolute Gasteiger partial charge is 0.494 e. The lowest BCUT2D eigenvalue weighted by atomic mass is 10.2. The number of fused-ring (bicyclic) bond motifs is 1. The smallest absolute Gasteiger partial charge is 0.269 e. The molecule has 1 fully saturated rings. The number of para-hydroxylation sites is 2. The third kappa shape index (κ3) is 4.52. The zero-order valence-corrected chi connectivity index (χ0v) is 17.2. The van der Waals surface area contributed by atoms with Crippen molar-refractivity contribution in [2.45, 2.75) is 20.0 Å². The van der Waals surface area contributed by atoms with Crippen LogP contribution in [0.2, 0.25) is 0 Å². The summed E-state index contributed by atoms with van der Waals surface area (Å²) in [6.07, 6.45) is 1.28. The number of nitrogens with zero attached hydrogens (tertiary/aromatic N) is 4. The number of aromatic nitrogens is 2. The molecule has 3 aromatic rings. The zero-order valence-electron chi connectivity index (χ0n) is 17.2. The van der Waals surface area contributed by atoms with Crippen LogP contribution in [0.25, 0.3) is 11.0 Å². The molecule has 7 nitrogen and oxygen atoms in total. The Hall–Kier alpha value is -3.19. The summed E-state index contributed by atoms with van der Waals surface area (Å²) in [5.74, 6) is 0.852. The molecular weight excluding hydrogens is 380 g/mol. The van der Waals surface area contributed by atoms with Crippen LogP contribution in [0.5, 0.6) is 5.75 Å². The van der Waals surface area contributed by atoms with Gasteiger partial charge in [0.25, 0.3) is 5.56 Å². The molecule has 1 amide bonds. The van der Waals surface area contributed by atoms with Gasteiger partial charge in [-0.05, 0) is 36.8 Å². The first-order valence-corrected chi connectivity index (χ1v) is 10.3. The van der Waals surface area contributed by atoms with Gasteiger partial charge in [0.05, 0.1) is 23.8 Å². The van der Waals surface area contributed by atoms with Crippen molar-refractivity contribution in [2.24, 2.45) is 0 Å². The summed E-state index contributed by atoms with van der Waals surface area (Å²) in [5.41, 5.74) is 2.38. The number of hydrogen-bond acceptors (Lipinski definition) is 5. The molecule has 1 saturated heterocycles. The minimum absolute atomic E-state index is 0.0332. The highest BCUT2D eigenvalue weighted by molar-refractivity contribution is 5.80. The van der Waals surface area contributed by atoms with Crippen molar-refractivity contribution < 1.29 is 9.53 Å². The molecule has 0 saturated carbocycles. The van der Waals surface area contributed by atoms with Gasteiger partial charge in [0.1, 0.15) is 12.3 Å². The van der Waals surface area contributed by atoms with E-state index in [0.717, 1.165) is 25.4 Å². The Balaban J connectivity index is 1.35. The lowest BCUT2D eigenvalue weighted by Gasteiger charge is -2.35. The summed E-state index contributed by atoms with van der Waals surface area (Å²) in [5, 5.41) is 0. The fourth-order valence-corrected chi connectivity index (χ4v) is 3.78. The van der Waals surface area contributed by atoms with Crippen molar-refractivity contribution in [3.05, 3.63) is 70.6 Å². The molecule has 1 aliphatic rings. The molecule has 1 aromatic heterocycles. The van der Waals surface area contributed by atoms with E-state index in [9.17, 15) is 9.59 Å². The van der Waals surface area contributed by atoms with Crippen LogP contribution < -0.4 is 10.3 Å².